The van der Waals surface area contributed by atoms with E-state index in [1.807, 2.05) is 0 Å². The van der Waals surface area contributed by atoms with Gasteiger partial charge in [-0.25, -0.2) is 0 Å². The van der Waals surface area contributed by atoms with Gasteiger partial charge in [-0.1, -0.05) is 18.2 Å². The molecular formula is C13H15NO. The van der Waals surface area contributed by atoms with Crippen LogP contribution in [0.1, 0.15) is 24.8 Å². The van der Waals surface area contributed by atoms with Crippen LogP contribution in [0.2, 0.25) is 0 Å². The molecule has 2 heterocycles. The molecular weight excluding hydrogens is 186 g/mol. The third-order valence-electron chi connectivity index (χ3n) is 4.39. The third kappa shape index (κ3) is 0.979. The molecule has 1 aromatic carbocycles. The first kappa shape index (κ1) is 8.17. The second-order valence-electron chi connectivity index (χ2n) is 5.33. The first-order chi connectivity index (χ1) is 7.32. The zero-order valence-corrected chi connectivity index (χ0v) is 8.75. The van der Waals surface area contributed by atoms with Gasteiger partial charge in [-0.05, 0) is 30.9 Å². The molecule has 2 fully saturated rings. The van der Waals surface area contributed by atoms with Crippen LogP contribution >= 0.6 is 0 Å². The molecule has 78 valence electrons. The molecule has 0 radical (unpaired) electrons. The van der Waals surface area contributed by atoms with Crippen molar-refractivity contribution in [3.8, 4) is 0 Å². The molecule has 0 bridgehead atoms. The fourth-order valence-corrected chi connectivity index (χ4v) is 3.45. The average molecular weight is 201 g/mol. The van der Waals surface area contributed by atoms with E-state index in [1.165, 1.54) is 30.5 Å². The summed E-state index contributed by atoms with van der Waals surface area (Å²) < 4.78 is 5.63. The molecule has 2 spiro atoms. The molecule has 2 atom stereocenters. The largest absolute Gasteiger partial charge is 0.384 e. The topological polar surface area (TPSA) is 24.6 Å². The number of hydrogen-bond donors (Lipinski definition) is 1. The molecule has 2 unspecified atom stereocenters. The highest BCUT2D eigenvalue weighted by Gasteiger charge is 2.58. The number of hydrogen-bond acceptors (Lipinski definition) is 2. The summed E-state index contributed by atoms with van der Waals surface area (Å²) in [4.78, 5) is 0. The first-order valence-electron chi connectivity index (χ1n) is 5.80. The second kappa shape index (κ2) is 2.38. The Kier molecular flexibility index (Phi) is 1.30. The van der Waals surface area contributed by atoms with Crippen molar-refractivity contribution in [1.82, 2.24) is 0 Å². The Morgan fingerprint density at radius 1 is 1.20 bits per heavy atom. The number of rotatable bonds is 0. The molecule has 15 heavy (non-hydrogen) atoms. The second-order valence-corrected chi connectivity index (χ2v) is 5.33. The van der Waals surface area contributed by atoms with Crippen LogP contribution in [0.25, 0.3) is 0 Å². The molecule has 2 nitrogen and oxygen atoms in total. The van der Waals surface area contributed by atoms with E-state index in [0.717, 1.165) is 13.2 Å². The number of para-hydroxylation sites is 1. The fraction of sp³-hybridized carbons (Fsp3) is 0.538. The highest BCUT2D eigenvalue weighted by atomic mass is 16.6. The Morgan fingerprint density at radius 2 is 2.07 bits per heavy atom. The molecule has 1 N–H and O–H groups in total. The van der Waals surface area contributed by atoms with Gasteiger partial charge in [0.15, 0.2) is 0 Å². The molecule has 1 aliphatic carbocycles. The van der Waals surface area contributed by atoms with Crippen LogP contribution in [-0.2, 0) is 10.2 Å². The van der Waals surface area contributed by atoms with Crippen LogP contribution in [-0.4, -0.2) is 18.8 Å². The number of epoxide rings is 1. The molecule has 4 rings (SSSR count). The van der Waals surface area contributed by atoms with Crippen molar-refractivity contribution in [3.63, 3.8) is 0 Å². The van der Waals surface area contributed by atoms with Gasteiger partial charge in [-0.2, -0.15) is 0 Å². The zero-order chi connectivity index (χ0) is 9.93. The van der Waals surface area contributed by atoms with Crippen molar-refractivity contribution in [2.24, 2.45) is 0 Å². The summed E-state index contributed by atoms with van der Waals surface area (Å²) in [6, 6.07) is 8.76. The van der Waals surface area contributed by atoms with E-state index >= 15 is 0 Å². The Morgan fingerprint density at radius 3 is 2.87 bits per heavy atom. The molecule has 0 amide bonds. The Hall–Kier alpha value is -1.02. The summed E-state index contributed by atoms with van der Waals surface area (Å²) in [6.07, 6.45) is 3.77. The Bertz CT molecular complexity index is 424. The minimum Gasteiger partial charge on any atom is -0.384 e. The van der Waals surface area contributed by atoms with Crippen molar-refractivity contribution in [2.45, 2.75) is 30.3 Å². The highest BCUT2D eigenvalue weighted by molar-refractivity contribution is 5.61. The van der Waals surface area contributed by atoms with Crippen molar-refractivity contribution >= 4 is 5.69 Å². The maximum absolute atomic E-state index is 5.63. The van der Waals surface area contributed by atoms with Gasteiger partial charge in [0, 0.05) is 17.6 Å². The lowest BCUT2D eigenvalue weighted by Crippen LogP contribution is -2.26. The number of fused-ring (bicyclic) bond motifs is 2. The van der Waals surface area contributed by atoms with E-state index in [-0.39, 0.29) is 5.60 Å². The van der Waals surface area contributed by atoms with Gasteiger partial charge in [-0.3, -0.25) is 0 Å². The number of anilines is 1. The Labute approximate surface area is 89.6 Å². The van der Waals surface area contributed by atoms with Crippen molar-refractivity contribution in [2.75, 3.05) is 18.5 Å². The molecule has 0 aromatic heterocycles. The number of ether oxygens (including phenoxy) is 1. The molecule has 1 aromatic rings. The number of benzene rings is 1. The Balaban J connectivity index is 1.80. The van der Waals surface area contributed by atoms with E-state index in [1.54, 1.807) is 0 Å². The highest BCUT2D eigenvalue weighted by Crippen LogP contribution is 2.56. The van der Waals surface area contributed by atoms with Crippen molar-refractivity contribution in [3.05, 3.63) is 29.8 Å². The van der Waals surface area contributed by atoms with Crippen LogP contribution in [0.15, 0.2) is 24.3 Å². The summed E-state index contributed by atoms with van der Waals surface area (Å²) in [5, 5.41) is 3.54. The summed E-state index contributed by atoms with van der Waals surface area (Å²) in [5.74, 6) is 0. The quantitative estimate of drug-likeness (QED) is 0.651. The maximum Gasteiger partial charge on any atom is 0.0926 e. The smallest absolute Gasteiger partial charge is 0.0926 e. The predicted molar refractivity (Wildman–Crippen MR) is 59.1 cm³/mol. The molecule has 1 saturated heterocycles. The third-order valence-corrected chi connectivity index (χ3v) is 4.39. The van der Waals surface area contributed by atoms with Gasteiger partial charge in [-0.15, -0.1) is 0 Å². The normalized spacial score (nSPS) is 40.8. The summed E-state index contributed by atoms with van der Waals surface area (Å²) in [5.41, 5.74) is 3.53. The first-order valence-corrected chi connectivity index (χ1v) is 5.80. The average Bonchev–Trinajstić information content (AvgIpc) is 2.79. The zero-order valence-electron chi connectivity index (χ0n) is 8.75. The molecule has 2 aliphatic heterocycles. The van der Waals surface area contributed by atoms with E-state index in [0.29, 0.717) is 5.41 Å². The minimum absolute atomic E-state index is 0.277. The van der Waals surface area contributed by atoms with Gasteiger partial charge >= 0.3 is 0 Å². The monoisotopic (exact) mass is 201 g/mol. The predicted octanol–water partition coefficient (Wildman–Crippen LogP) is 2.30. The SMILES string of the molecule is c1ccc2c(c1)NCC21CCC2(CO2)C1. The summed E-state index contributed by atoms with van der Waals surface area (Å²) in [7, 11) is 0. The van der Waals surface area contributed by atoms with E-state index in [9.17, 15) is 0 Å². The molecule has 3 aliphatic rings. The van der Waals surface area contributed by atoms with Gasteiger partial charge in [0.05, 0.1) is 12.2 Å². The van der Waals surface area contributed by atoms with E-state index in [4.69, 9.17) is 4.74 Å². The van der Waals surface area contributed by atoms with Crippen LogP contribution in [0, 0.1) is 0 Å². The fourth-order valence-electron chi connectivity index (χ4n) is 3.45. The van der Waals surface area contributed by atoms with Gasteiger partial charge in [0.2, 0.25) is 0 Å². The van der Waals surface area contributed by atoms with Crippen LogP contribution in [0.5, 0.6) is 0 Å². The van der Waals surface area contributed by atoms with E-state index < -0.39 is 0 Å². The van der Waals surface area contributed by atoms with E-state index in [2.05, 4.69) is 29.6 Å². The van der Waals surface area contributed by atoms with Crippen LogP contribution in [0.4, 0.5) is 5.69 Å². The van der Waals surface area contributed by atoms with Crippen LogP contribution in [0.3, 0.4) is 0 Å². The van der Waals surface area contributed by atoms with Crippen molar-refractivity contribution < 1.29 is 4.74 Å². The molecule has 1 saturated carbocycles. The number of nitrogens with one attached hydrogen (secondary N) is 1. The lowest BCUT2D eigenvalue weighted by molar-refractivity contribution is 0.296. The van der Waals surface area contributed by atoms with Gasteiger partial charge < -0.3 is 10.1 Å². The molecule has 2 heteroatoms. The maximum atomic E-state index is 5.63. The van der Waals surface area contributed by atoms with Gasteiger partial charge in [0.25, 0.3) is 0 Å². The lowest BCUT2D eigenvalue weighted by Gasteiger charge is -2.22. The standard InChI is InChI=1S/C13H15NO/c1-2-4-11-10(3-1)12(8-14-11)5-6-13(7-12)9-15-13/h1-4,14H,5-9H2. The van der Waals surface area contributed by atoms with Crippen LogP contribution < -0.4 is 5.32 Å². The summed E-state index contributed by atoms with van der Waals surface area (Å²) >= 11 is 0. The van der Waals surface area contributed by atoms with Crippen molar-refractivity contribution in [1.29, 1.82) is 0 Å². The minimum atomic E-state index is 0.277. The summed E-state index contributed by atoms with van der Waals surface area (Å²) in [6.45, 7) is 2.11. The lowest BCUT2D eigenvalue weighted by atomic mass is 9.80. The van der Waals surface area contributed by atoms with Gasteiger partial charge in [0.1, 0.15) is 0 Å².